The van der Waals surface area contributed by atoms with Crippen molar-refractivity contribution in [2.24, 2.45) is 0 Å². The molecule has 7 heteroatoms. The van der Waals surface area contributed by atoms with Crippen molar-refractivity contribution in [3.63, 3.8) is 0 Å². The van der Waals surface area contributed by atoms with Gasteiger partial charge in [0, 0.05) is 10.5 Å². The maximum absolute atomic E-state index is 13.6. The summed E-state index contributed by atoms with van der Waals surface area (Å²) in [5, 5.41) is 19.9. The van der Waals surface area contributed by atoms with E-state index >= 15 is 0 Å². The quantitative estimate of drug-likeness (QED) is 0.678. The Labute approximate surface area is 121 Å². The lowest BCUT2D eigenvalue weighted by atomic mass is 10.2. The Morgan fingerprint density at radius 3 is 2.65 bits per heavy atom. The zero-order chi connectivity index (χ0) is 14.7. The van der Waals surface area contributed by atoms with Gasteiger partial charge < -0.3 is 9.84 Å². The van der Waals surface area contributed by atoms with Crippen LogP contribution in [0.25, 0.3) is 0 Å². The van der Waals surface area contributed by atoms with E-state index in [9.17, 15) is 14.5 Å². The second kappa shape index (κ2) is 5.98. The largest absolute Gasteiger partial charge is 0.447 e. The number of halogens is 2. The van der Waals surface area contributed by atoms with Crippen molar-refractivity contribution in [3.8, 4) is 11.5 Å². The zero-order valence-corrected chi connectivity index (χ0v) is 11.6. The van der Waals surface area contributed by atoms with Crippen molar-refractivity contribution in [1.82, 2.24) is 0 Å². The molecule has 2 aromatic carbocycles. The number of rotatable bonds is 4. The summed E-state index contributed by atoms with van der Waals surface area (Å²) >= 11 is 3.17. The molecule has 0 spiro atoms. The van der Waals surface area contributed by atoms with Crippen molar-refractivity contribution in [2.75, 3.05) is 0 Å². The maximum atomic E-state index is 13.6. The van der Waals surface area contributed by atoms with Gasteiger partial charge in [0.2, 0.25) is 5.75 Å². The molecule has 0 heterocycles. The van der Waals surface area contributed by atoms with E-state index in [2.05, 4.69) is 15.9 Å². The van der Waals surface area contributed by atoms with E-state index < -0.39 is 10.7 Å². The lowest BCUT2D eigenvalue weighted by Crippen LogP contribution is -1.96. The summed E-state index contributed by atoms with van der Waals surface area (Å²) in [4.78, 5) is 10.3. The average molecular weight is 342 g/mol. The molecule has 0 fully saturated rings. The van der Waals surface area contributed by atoms with Crippen LogP contribution in [-0.4, -0.2) is 10.0 Å². The summed E-state index contributed by atoms with van der Waals surface area (Å²) in [5.41, 5.74) is 0.0367. The van der Waals surface area contributed by atoms with Crippen LogP contribution in [0.1, 0.15) is 5.56 Å². The highest BCUT2D eigenvalue weighted by Gasteiger charge is 2.18. The molecule has 0 atom stereocenters. The van der Waals surface area contributed by atoms with Crippen LogP contribution >= 0.6 is 15.9 Å². The standard InChI is InChI=1S/C13H9BrFNO4/c14-9-2-3-10(15)13(6-9)20-12-4-1-8(7-17)5-11(12)16(18)19/h1-6,17H,7H2. The van der Waals surface area contributed by atoms with E-state index in [0.29, 0.717) is 10.0 Å². The fourth-order valence-corrected chi connectivity index (χ4v) is 1.90. The second-order valence-electron chi connectivity index (χ2n) is 3.89. The van der Waals surface area contributed by atoms with Gasteiger partial charge in [-0.25, -0.2) is 4.39 Å². The van der Waals surface area contributed by atoms with Gasteiger partial charge in [0.25, 0.3) is 0 Å². The third kappa shape index (κ3) is 3.12. The molecule has 0 saturated carbocycles. The van der Waals surface area contributed by atoms with Gasteiger partial charge in [0.1, 0.15) is 0 Å². The van der Waals surface area contributed by atoms with Gasteiger partial charge in [-0.1, -0.05) is 22.0 Å². The Balaban J connectivity index is 2.42. The van der Waals surface area contributed by atoms with Crippen LogP contribution in [0.15, 0.2) is 40.9 Å². The monoisotopic (exact) mass is 341 g/mol. The van der Waals surface area contributed by atoms with E-state index in [4.69, 9.17) is 9.84 Å². The SMILES string of the molecule is O=[N+]([O-])c1cc(CO)ccc1Oc1cc(Br)ccc1F. The summed E-state index contributed by atoms with van der Waals surface area (Å²) in [7, 11) is 0. The number of nitro benzene ring substituents is 1. The van der Waals surface area contributed by atoms with Gasteiger partial charge >= 0.3 is 5.69 Å². The van der Waals surface area contributed by atoms with E-state index in [1.54, 1.807) is 0 Å². The minimum atomic E-state index is -0.648. The Morgan fingerprint density at radius 2 is 2.00 bits per heavy atom. The van der Waals surface area contributed by atoms with Crippen molar-refractivity contribution < 1.29 is 19.2 Å². The highest BCUT2D eigenvalue weighted by molar-refractivity contribution is 9.10. The zero-order valence-electron chi connectivity index (χ0n) is 10.0. The number of ether oxygens (including phenoxy) is 1. The smallest absolute Gasteiger partial charge is 0.311 e. The molecule has 5 nitrogen and oxygen atoms in total. The molecule has 2 rings (SSSR count). The number of benzene rings is 2. The molecule has 0 unspecified atom stereocenters. The van der Waals surface area contributed by atoms with Crippen LogP contribution in [0.4, 0.5) is 10.1 Å². The number of nitrogens with zero attached hydrogens (tertiary/aromatic N) is 1. The first kappa shape index (κ1) is 14.4. The van der Waals surface area contributed by atoms with Gasteiger partial charge in [0.15, 0.2) is 11.6 Å². The fourth-order valence-electron chi connectivity index (χ4n) is 1.56. The highest BCUT2D eigenvalue weighted by atomic mass is 79.9. The van der Waals surface area contributed by atoms with Crippen molar-refractivity contribution in [1.29, 1.82) is 0 Å². The number of hydrogen-bond acceptors (Lipinski definition) is 4. The normalized spacial score (nSPS) is 10.3. The van der Waals surface area contributed by atoms with Crippen LogP contribution in [0, 0.1) is 15.9 Å². The van der Waals surface area contributed by atoms with Crippen LogP contribution < -0.4 is 4.74 Å². The predicted molar refractivity (Wildman–Crippen MR) is 73.2 cm³/mol. The molecule has 0 bridgehead atoms. The second-order valence-corrected chi connectivity index (χ2v) is 4.81. The Kier molecular flexibility index (Phi) is 4.31. The molecule has 0 aliphatic carbocycles. The molecule has 0 amide bonds. The average Bonchev–Trinajstić information content (AvgIpc) is 2.43. The Bertz CT molecular complexity index is 663. The molecule has 0 radical (unpaired) electrons. The molecule has 20 heavy (non-hydrogen) atoms. The molecule has 0 aromatic heterocycles. The molecule has 2 aromatic rings. The summed E-state index contributed by atoms with van der Waals surface area (Å²) in [6.45, 7) is -0.327. The summed E-state index contributed by atoms with van der Waals surface area (Å²) in [5.74, 6) is -0.850. The lowest BCUT2D eigenvalue weighted by Gasteiger charge is -2.08. The third-order valence-electron chi connectivity index (χ3n) is 2.52. The number of aliphatic hydroxyl groups is 1. The van der Waals surface area contributed by atoms with Gasteiger partial charge in [-0.2, -0.15) is 0 Å². The highest BCUT2D eigenvalue weighted by Crippen LogP contribution is 2.34. The number of aliphatic hydroxyl groups excluding tert-OH is 1. The van der Waals surface area contributed by atoms with Crippen molar-refractivity contribution >= 4 is 21.6 Å². The first-order chi connectivity index (χ1) is 9.51. The van der Waals surface area contributed by atoms with Gasteiger partial charge in [-0.15, -0.1) is 0 Å². The van der Waals surface area contributed by atoms with Crippen LogP contribution in [-0.2, 0) is 6.61 Å². The first-order valence-corrected chi connectivity index (χ1v) is 6.31. The van der Waals surface area contributed by atoms with E-state index in [-0.39, 0.29) is 23.8 Å². The summed E-state index contributed by atoms with van der Waals surface area (Å²) < 4.78 is 19.4. The Hall–Kier alpha value is -1.99. The molecule has 0 saturated heterocycles. The fraction of sp³-hybridized carbons (Fsp3) is 0.0769. The summed E-state index contributed by atoms with van der Waals surface area (Å²) in [6, 6.07) is 8.03. The predicted octanol–water partition coefficient (Wildman–Crippen LogP) is 3.78. The van der Waals surface area contributed by atoms with Crippen molar-refractivity contribution in [2.45, 2.75) is 6.61 Å². The van der Waals surface area contributed by atoms with Crippen LogP contribution in [0.5, 0.6) is 11.5 Å². The minimum absolute atomic E-state index is 0.0933. The van der Waals surface area contributed by atoms with Gasteiger partial charge in [-0.3, -0.25) is 10.1 Å². The molecule has 0 aliphatic rings. The van der Waals surface area contributed by atoms with Gasteiger partial charge in [0.05, 0.1) is 11.5 Å². The molecule has 104 valence electrons. The van der Waals surface area contributed by atoms with Crippen LogP contribution in [0.3, 0.4) is 0 Å². The van der Waals surface area contributed by atoms with E-state index in [1.165, 1.54) is 36.4 Å². The Morgan fingerprint density at radius 1 is 1.25 bits per heavy atom. The topological polar surface area (TPSA) is 72.6 Å². The number of hydrogen-bond donors (Lipinski definition) is 1. The first-order valence-electron chi connectivity index (χ1n) is 5.52. The molecular weight excluding hydrogens is 333 g/mol. The number of nitro groups is 1. The van der Waals surface area contributed by atoms with E-state index in [0.717, 1.165) is 0 Å². The molecular formula is C13H9BrFNO4. The lowest BCUT2D eigenvalue weighted by molar-refractivity contribution is -0.385. The van der Waals surface area contributed by atoms with E-state index in [1.807, 2.05) is 0 Å². The minimum Gasteiger partial charge on any atom is -0.447 e. The summed E-state index contributed by atoms with van der Waals surface area (Å²) in [6.07, 6.45) is 0. The maximum Gasteiger partial charge on any atom is 0.311 e. The van der Waals surface area contributed by atoms with Gasteiger partial charge in [-0.05, 0) is 29.8 Å². The van der Waals surface area contributed by atoms with Crippen molar-refractivity contribution in [3.05, 3.63) is 62.4 Å². The molecule has 1 N–H and O–H groups in total. The van der Waals surface area contributed by atoms with Crippen LogP contribution in [0.2, 0.25) is 0 Å². The molecule has 0 aliphatic heterocycles. The third-order valence-corrected chi connectivity index (χ3v) is 3.01.